The molecular weight excluding hydrogens is 224 g/mol. The number of hydrogen-bond acceptors (Lipinski definition) is 5. The van der Waals surface area contributed by atoms with Gasteiger partial charge in [-0.25, -0.2) is 4.79 Å². The van der Waals surface area contributed by atoms with Gasteiger partial charge >= 0.3 is 5.97 Å². The number of carbonyl (C=O) groups excluding carboxylic acids is 1. The van der Waals surface area contributed by atoms with Gasteiger partial charge in [0.15, 0.2) is 0 Å². The summed E-state index contributed by atoms with van der Waals surface area (Å²) in [6, 6.07) is 3.11. The Hall–Kier alpha value is -1.33. The fourth-order valence-electron chi connectivity index (χ4n) is 2.05. The van der Waals surface area contributed by atoms with E-state index in [0.29, 0.717) is 25.2 Å². The molecule has 5 nitrogen and oxygen atoms in total. The number of methoxy groups -OCH3 is 1. The fourth-order valence-corrected chi connectivity index (χ4v) is 2.05. The largest absolute Gasteiger partial charge is 0.463 e. The maximum Gasteiger partial charge on any atom is 0.373 e. The third-order valence-corrected chi connectivity index (χ3v) is 2.98. The molecule has 0 spiro atoms. The second-order valence-corrected chi connectivity index (χ2v) is 4.17. The summed E-state index contributed by atoms with van der Waals surface area (Å²) < 4.78 is 15.2. The summed E-state index contributed by atoms with van der Waals surface area (Å²) in [5, 5.41) is 10.2. The molecule has 1 aromatic heterocycles. The molecule has 0 bridgehead atoms. The van der Waals surface area contributed by atoms with E-state index in [4.69, 9.17) is 9.15 Å². The summed E-state index contributed by atoms with van der Waals surface area (Å²) in [6.07, 6.45) is 1.06. The molecule has 1 saturated carbocycles. The van der Waals surface area contributed by atoms with Gasteiger partial charge in [-0.05, 0) is 19.1 Å². The number of esters is 1. The van der Waals surface area contributed by atoms with Gasteiger partial charge in [-0.2, -0.15) is 0 Å². The number of ether oxygens (including phenoxy) is 2. The van der Waals surface area contributed by atoms with Crippen LogP contribution in [-0.2, 0) is 15.1 Å². The SMILES string of the molecule is CCOC1CC(O)(c2ccc(C(=O)OC)o2)C1. The topological polar surface area (TPSA) is 68.9 Å². The van der Waals surface area contributed by atoms with Crippen LogP contribution in [0.5, 0.6) is 0 Å². The maximum atomic E-state index is 11.2. The van der Waals surface area contributed by atoms with Crippen molar-refractivity contribution in [3.63, 3.8) is 0 Å². The quantitative estimate of drug-likeness (QED) is 0.807. The zero-order valence-corrected chi connectivity index (χ0v) is 9.93. The van der Waals surface area contributed by atoms with E-state index in [1.165, 1.54) is 13.2 Å². The highest BCUT2D eigenvalue weighted by Crippen LogP contribution is 2.43. The molecule has 2 rings (SSSR count). The van der Waals surface area contributed by atoms with E-state index in [2.05, 4.69) is 4.74 Å². The van der Waals surface area contributed by atoms with Crippen LogP contribution in [0.3, 0.4) is 0 Å². The van der Waals surface area contributed by atoms with Crippen molar-refractivity contribution < 1.29 is 23.8 Å². The van der Waals surface area contributed by atoms with Gasteiger partial charge in [-0.3, -0.25) is 0 Å². The zero-order chi connectivity index (χ0) is 12.5. The summed E-state index contributed by atoms with van der Waals surface area (Å²) in [5.74, 6) is -0.0369. The standard InChI is InChI=1S/C12H16O5/c1-3-16-8-6-12(14,7-8)10-5-4-9(17-10)11(13)15-2/h4-5,8,14H,3,6-7H2,1-2H3. The molecule has 0 saturated heterocycles. The highest BCUT2D eigenvalue weighted by Gasteiger charge is 2.47. The molecule has 1 aromatic rings. The minimum atomic E-state index is -1.01. The molecule has 0 unspecified atom stereocenters. The van der Waals surface area contributed by atoms with Crippen LogP contribution in [0.25, 0.3) is 0 Å². The number of carbonyl (C=O) groups is 1. The van der Waals surface area contributed by atoms with Crippen molar-refractivity contribution in [1.82, 2.24) is 0 Å². The van der Waals surface area contributed by atoms with Crippen molar-refractivity contribution in [2.45, 2.75) is 31.5 Å². The van der Waals surface area contributed by atoms with Crippen LogP contribution < -0.4 is 0 Å². The first-order valence-electron chi connectivity index (χ1n) is 5.61. The van der Waals surface area contributed by atoms with Gasteiger partial charge in [-0.1, -0.05) is 0 Å². The van der Waals surface area contributed by atoms with Gasteiger partial charge < -0.3 is 19.0 Å². The molecule has 1 fully saturated rings. The Labute approximate surface area is 99.3 Å². The van der Waals surface area contributed by atoms with Crippen LogP contribution in [0.2, 0.25) is 0 Å². The normalized spacial score (nSPS) is 27.6. The van der Waals surface area contributed by atoms with Gasteiger partial charge in [-0.15, -0.1) is 0 Å². The van der Waals surface area contributed by atoms with E-state index in [-0.39, 0.29) is 11.9 Å². The number of aliphatic hydroxyl groups is 1. The lowest BCUT2D eigenvalue weighted by molar-refractivity contribution is -0.152. The van der Waals surface area contributed by atoms with Crippen LogP contribution in [0.1, 0.15) is 36.1 Å². The van der Waals surface area contributed by atoms with Gasteiger partial charge in [0.1, 0.15) is 11.4 Å². The van der Waals surface area contributed by atoms with Gasteiger partial charge in [0.2, 0.25) is 5.76 Å². The predicted molar refractivity (Wildman–Crippen MR) is 58.6 cm³/mol. The Morgan fingerprint density at radius 2 is 2.29 bits per heavy atom. The zero-order valence-electron chi connectivity index (χ0n) is 9.93. The minimum absolute atomic E-state index is 0.0664. The first kappa shape index (κ1) is 12.1. The second kappa shape index (κ2) is 4.50. The molecule has 0 amide bonds. The van der Waals surface area contributed by atoms with E-state index >= 15 is 0 Å². The third-order valence-electron chi connectivity index (χ3n) is 2.98. The Morgan fingerprint density at radius 3 is 2.88 bits per heavy atom. The monoisotopic (exact) mass is 240 g/mol. The maximum absolute atomic E-state index is 11.2. The first-order chi connectivity index (χ1) is 8.09. The number of rotatable bonds is 4. The number of hydrogen-bond donors (Lipinski definition) is 1. The molecule has 1 heterocycles. The minimum Gasteiger partial charge on any atom is -0.463 e. The molecule has 1 N–H and O–H groups in total. The van der Waals surface area contributed by atoms with Crippen LogP contribution in [0.15, 0.2) is 16.5 Å². The van der Waals surface area contributed by atoms with Crippen LogP contribution >= 0.6 is 0 Å². The Balaban J connectivity index is 2.04. The summed E-state index contributed by atoms with van der Waals surface area (Å²) in [6.45, 7) is 2.55. The molecule has 0 aromatic carbocycles. The molecule has 1 aliphatic carbocycles. The first-order valence-corrected chi connectivity index (χ1v) is 5.61. The fraction of sp³-hybridized carbons (Fsp3) is 0.583. The molecule has 0 radical (unpaired) electrons. The van der Waals surface area contributed by atoms with Crippen LogP contribution in [0, 0.1) is 0 Å². The third kappa shape index (κ3) is 2.21. The van der Waals surface area contributed by atoms with E-state index in [9.17, 15) is 9.90 Å². The van der Waals surface area contributed by atoms with Crippen molar-refractivity contribution >= 4 is 5.97 Å². The molecule has 5 heteroatoms. The van der Waals surface area contributed by atoms with Crippen molar-refractivity contribution in [1.29, 1.82) is 0 Å². The predicted octanol–water partition coefficient (Wildman–Crippen LogP) is 1.45. The summed E-state index contributed by atoms with van der Waals surface area (Å²) >= 11 is 0. The van der Waals surface area contributed by atoms with E-state index in [1.54, 1.807) is 6.07 Å². The van der Waals surface area contributed by atoms with Gasteiger partial charge in [0, 0.05) is 19.4 Å². The summed E-state index contributed by atoms with van der Waals surface area (Å²) in [5.41, 5.74) is -1.01. The molecular formula is C12H16O5. The Kier molecular flexibility index (Phi) is 3.22. The summed E-state index contributed by atoms with van der Waals surface area (Å²) in [4.78, 5) is 11.2. The van der Waals surface area contributed by atoms with Crippen LogP contribution in [0.4, 0.5) is 0 Å². The average Bonchev–Trinajstić information content (AvgIpc) is 2.75. The lowest BCUT2D eigenvalue weighted by Gasteiger charge is -2.41. The second-order valence-electron chi connectivity index (χ2n) is 4.17. The highest BCUT2D eigenvalue weighted by atomic mass is 16.5. The van der Waals surface area contributed by atoms with E-state index in [1.807, 2.05) is 6.92 Å². The van der Waals surface area contributed by atoms with Crippen LogP contribution in [-0.4, -0.2) is 30.9 Å². The summed E-state index contributed by atoms with van der Waals surface area (Å²) in [7, 11) is 1.29. The number of furan rings is 1. The lowest BCUT2D eigenvalue weighted by Crippen LogP contribution is -2.45. The molecule has 0 atom stereocenters. The lowest BCUT2D eigenvalue weighted by atomic mass is 9.76. The Bertz CT molecular complexity index is 403. The highest BCUT2D eigenvalue weighted by molar-refractivity contribution is 5.86. The molecule has 17 heavy (non-hydrogen) atoms. The molecule has 0 aliphatic heterocycles. The Morgan fingerprint density at radius 1 is 1.59 bits per heavy atom. The molecule has 1 aliphatic rings. The van der Waals surface area contributed by atoms with Gasteiger partial charge in [0.05, 0.1) is 13.2 Å². The smallest absolute Gasteiger partial charge is 0.373 e. The van der Waals surface area contributed by atoms with E-state index in [0.717, 1.165) is 0 Å². The van der Waals surface area contributed by atoms with Crippen molar-refractivity contribution in [3.05, 3.63) is 23.7 Å². The van der Waals surface area contributed by atoms with Crippen molar-refractivity contribution in [3.8, 4) is 0 Å². The molecule has 94 valence electrons. The average molecular weight is 240 g/mol. The van der Waals surface area contributed by atoms with E-state index < -0.39 is 11.6 Å². The van der Waals surface area contributed by atoms with Gasteiger partial charge in [0.25, 0.3) is 0 Å². The van der Waals surface area contributed by atoms with Crippen molar-refractivity contribution in [2.75, 3.05) is 13.7 Å². The van der Waals surface area contributed by atoms with Crippen molar-refractivity contribution in [2.24, 2.45) is 0 Å².